The number of ether oxygens (including phenoxy) is 1. The molecule has 0 atom stereocenters. The van der Waals surface area contributed by atoms with Gasteiger partial charge >= 0.3 is 0 Å². The molecule has 1 aliphatic carbocycles. The van der Waals surface area contributed by atoms with E-state index in [-0.39, 0.29) is 0 Å². The first-order valence-corrected chi connectivity index (χ1v) is 7.04. The molecule has 1 saturated carbocycles. The lowest BCUT2D eigenvalue weighted by atomic mass is 9.91. The summed E-state index contributed by atoms with van der Waals surface area (Å²) in [6.07, 6.45) is 10.4. The van der Waals surface area contributed by atoms with E-state index in [0.29, 0.717) is 0 Å². The van der Waals surface area contributed by atoms with Gasteiger partial charge in [-0.3, -0.25) is 0 Å². The third-order valence-corrected chi connectivity index (χ3v) is 4.22. The molecule has 96 valence electrons. The highest BCUT2D eigenvalue weighted by Crippen LogP contribution is 2.37. The van der Waals surface area contributed by atoms with Crippen LogP contribution in [0.1, 0.15) is 50.0 Å². The molecule has 0 bridgehead atoms. The van der Waals surface area contributed by atoms with Gasteiger partial charge in [0.1, 0.15) is 5.75 Å². The molecule has 1 heterocycles. The standard InChI is InChI=1S/C16H21NO/c1-18-15-10-6-9-13-14(11-17-16(13)15)12-7-4-2-3-5-8-12/h6,9-12,17H,2-5,7-8H2,1H3. The SMILES string of the molecule is COc1cccc2c(C3CCCCCC3)c[nH]c12. The van der Waals surface area contributed by atoms with Crippen LogP contribution in [0, 0.1) is 0 Å². The zero-order valence-corrected chi connectivity index (χ0v) is 11.0. The second-order valence-electron chi connectivity index (χ2n) is 5.32. The Morgan fingerprint density at radius 3 is 2.61 bits per heavy atom. The summed E-state index contributed by atoms with van der Waals surface area (Å²) >= 11 is 0. The maximum absolute atomic E-state index is 5.42. The zero-order chi connectivity index (χ0) is 12.4. The fourth-order valence-corrected chi connectivity index (χ4v) is 3.25. The van der Waals surface area contributed by atoms with Gasteiger partial charge in [-0.05, 0) is 30.4 Å². The van der Waals surface area contributed by atoms with Gasteiger partial charge < -0.3 is 9.72 Å². The minimum absolute atomic E-state index is 0.730. The van der Waals surface area contributed by atoms with E-state index in [1.807, 2.05) is 6.07 Å². The summed E-state index contributed by atoms with van der Waals surface area (Å²) in [5.74, 6) is 1.68. The quantitative estimate of drug-likeness (QED) is 0.765. The predicted molar refractivity (Wildman–Crippen MR) is 75.3 cm³/mol. The van der Waals surface area contributed by atoms with Crippen LogP contribution in [0.3, 0.4) is 0 Å². The van der Waals surface area contributed by atoms with Crippen LogP contribution in [0.2, 0.25) is 0 Å². The van der Waals surface area contributed by atoms with E-state index in [0.717, 1.165) is 17.2 Å². The molecule has 0 spiro atoms. The second-order valence-corrected chi connectivity index (χ2v) is 5.32. The van der Waals surface area contributed by atoms with Crippen LogP contribution in [0.4, 0.5) is 0 Å². The molecule has 1 aliphatic rings. The molecular formula is C16H21NO. The fourth-order valence-electron chi connectivity index (χ4n) is 3.25. The molecule has 1 fully saturated rings. The minimum atomic E-state index is 0.730. The van der Waals surface area contributed by atoms with Gasteiger partial charge in [-0.25, -0.2) is 0 Å². The third-order valence-electron chi connectivity index (χ3n) is 4.22. The van der Waals surface area contributed by atoms with Gasteiger partial charge in [0.05, 0.1) is 12.6 Å². The number of methoxy groups -OCH3 is 1. The van der Waals surface area contributed by atoms with Crippen LogP contribution in [0.25, 0.3) is 10.9 Å². The highest BCUT2D eigenvalue weighted by Gasteiger charge is 2.18. The van der Waals surface area contributed by atoms with Crippen LogP contribution >= 0.6 is 0 Å². The average Bonchev–Trinajstić information content (AvgIpc) is 2.66. The highest BCUT2D eigenvalue weighted by molar-refractivity contribution is 5.88. The number of benzene rings is 1. The maximum atomic E-state index is 5.42. The maximum Gasteiger partial charge on any atom is 0.142 e. The van der Waals surface area contributed by atoms with Gasteiger partial charge in [0, 0.05) is 11.6 Å². The van der Waals surface area contributed by atoms with Crippen molar-refractivity contribution in [3.63, 3.8) is 0 Å². The predicted octanol–water partition coefficient (Wildman–Crippen LogP) is 4.61. The molecule has 0 unspecified atom stereocenters. The number of hydrogen-bond acceptors (Lipinski definition) is 1. The van der Waals surface area contributed by atoms with Gasteiger partial charge in [-0.1, -0.05) is 37.8 Å². The van der Waals surface area contributed by atoms with Crippen molar-refractivity contribution in [3.8, 4) is 5.75 Å². The smallest absolute Gasteiger partial charge is 0.142 e. The Morgan fingerprint density at radius 2 is 1.89 bits per heavy atom. The summed E-state index contributed by atoms with van der Waals surface area (Å²) in [6, 6.07) is 6.33. The lowest BCUT2D eigenvalue weighted by Gasteiger charge is -2.13. The minimum Gasteiger partial charge on any atom is -0.495 e. The summed E-state index contributed by atoms with van der Waals surface area (Å²) in [6.45, 7) is 0. The molecule has 0 saturated heterocycles. The van der Waals surface area contributed by atoms with Crippen molar-refractivity contribution in [1.82, 2.24) is 4.98 Å². The van der Waals surface area contributed by atoms with Crippen LogP contribution in [0.15, 0.2) is 24.4 Å². The summed E-state index contributed by atoms with van der Waals surface area (Å²) in [7, 11) is 1.74. The number of para-hydroxylation sites is 1. The van der Waals surface area contributed by atoms with Gasteiger partial charge in [-0.15, -0.1) is 0 Å². The number of rotatable bonds is 2. The van der Waals surface area contributed by atoms with Crippen molar-refractivity contribution in [2.75, 3.05) is 7.11 Å². The number of aromatic nitrogens is 1. The van der Waals surface area contributed by atoms with Crippen molar-refractivity contribution in [2.45, 2.75) is 44.4 Å². The van der Waals surface area contributed by atoms with Crippen LogP contribution in [-0.4, -0.2) is 12.1 Å². The van der Waals surface area contributed by atoms with Gasteiger partial charge in [0.2, 0.25) is 0 Å². The Bertz CT molecular complexity index is 521. The van der Waals surface area contributed by atoms with E-state index in [4.69, 9.17) is 4.74 Å². The summed E-state index contributed by atoms with van der Waals surface area (Å²) in [5, 5.41) is 1.35. The van der Waals surface area contributed by atoms with Crippen molar-refractivity contribution in [3.05, 3.63) is 30.0 Å². The highest BCUT2D eigenvalue weighted by atomic mass is 16.5. The molecule has 1 aromatic heterocycles. The summed E-state index contributed by atoms with van der Waals surface area (Å²) < 4.78 is 5.42. The summed E-state index contributed by atoms with van der Waals surface area (Å²) in [5.41, 5.74) is 2.64. The van der Waals surface area contributed by atoms with E-state index in [2.05, 4.69) is 23.3 Å². The monoisotopic (exact) mass is 243 g/mol. The molecule has 0 radical (unpaired) electrons. The molecule has 0 aliphatic heterocycles. The van der Waals surface area contributed by atoms with Crippen molar-refractivity contribution >= 4 is 10.9 Å². The fraction of sp³-hybridized carbons (Fsp3) is 0.500. The molecule has 3 rings (SSSR count). The third kappa shape index (κ3) is 2.00. The Balaban J connectivity index is 2.01. The second kappa shape index (κ2) is 5.05. The molecule has 2 aromatic rings. The zero-order valence-electron chi connectivity index (χ0n) is 11.0. The van der Waals surface area contributed by atoms with Gasteiger partial charge in [0.25, 0.3) is 0 Å². The number of nitrogens with one attached hydrogen (secondary N) is 1. The van der Waals surface area contributed by atoms with Gasteiger partial charge in [0.15, 0.2) is 0 Å². The van der Waals surface area contributed by atoms with Crippen LogP contribution in [-0.2, 0) is 0 Å². The van der Waals surface area contributed by atoms with E-state index in [1.165, 1.54) is 49.5 Å². The molecule has 0 amide bonds. The molecular weight excluding hydrogens is 222 g/mol. The molecule has 1 N–H and O–H groups in total. The first-order chi connectivity index (χ1) is 8.90. The number of fused-ring (bicyclic) bond motifs is 1. The molecule has 1 aromatic carbocycles. The van der Waals surface area contributed by atoms with E-state index < -0.39 is 0 Å². The van der Waals surface area contributed by atoms with Crippen molar-refractivity contribution in [1.29, 1.82) is 0 Å². The van der Waals surface area contributed by atoms with Crippen molar-refractivity contribution < 1.29 is 4.74 Å². The van der Waals surface area contributed by atoms with E-state index >= 15 is 0 Å². The average molecular weight is 243 g/mol. The Hall–Kier alpha value is -1.44. The topological polar surface area (TPSA) is 25.0 Å². The van der Waals surface area contributed by atoms with Crippen LogP contribution in [0.5, 0.6) is 5.75 Å². The van der Waals surface area contributed by atoms with Gasteiger partial charge in [-0.2, -0.15) is 0 Å². The molecule has 2 nitrogen and oxygen atoms in total. The van der Waals surface area contributed by atoms with Crippen LogP contribution < -0.4 is 4.74 Å². The lowest BCUT2D eigenvalue weighted by Crippen LogP contribution is -1.95. The van der Waals surface area contributed by atoms with Crippen molar-refractivity contribution in [2.24, 2.45) is 0 Å². The van der Waals surface area contributed by atoms with E-state index in [9.17, 15) is 0 Å². The number of aromatic amines is 1. The molecule has 18 heavy (non-hydrogen) atoms. The number of hydrogen-bond donors (Lipinski definition) is 1. The lowest BCUT2D eigenvalue weighted by molar-refractivity contribution is 0.419. The Morgan fingerprint density at radius 1 is 1.11 bits per heavy atom. The first-order valence-electron chi connectivity index (χ1n) is 7.04. The van der Waals surface area contributed by atoms with E-state index in [1.54, 1.807) is 7.11 Å². The Kier molecular flexibility index (Phi) is 3.26. The first kappa shape index (κ1) is 11.6. The summed E-state index contributed by atoms with van der Waals surface area (Å²) in [4.78, 5) is 3.40. The Labute approximate surface area is 108 Å². The normalized spacial score (nSPS) is 17.8. The number of H-pyrrole nitrogens is 1. The largest absolute Gasteiger partial charge is 0.495 e. The molecule has 2 heteroatoms.